The fourth-order valence-corrected chi connectivity index (χ4v) is 6.96. The molecule has 1 saturated heterocycles. The summed E-state index contributed by atoms with van der Waals surface area (Å²) in [7, 11) is -4.61. The molecule has 0 radical (unpaired) electrons. The number of carbonyl (C=O) groups excluding carboxylic acids is 2. The minimum atomic E-state index is -4.61. The van der Waals surface area contributed by atoms with Crippen LogP contribution in [-0.4, -0.2) is 96.0 Å². The molecule has 1 rings (SSSR count). The third-order valence-corrected chi connectivity index (χ3v) is 10.4. The first-order valence-electron chi connectivity index (χ1n) is 21.9. The van der Waals surface area contributed by atoms with Crippen LogP contribution in [0.25, 0.3) is 0 Å². The van der Waals surface area contributed by atoms with Gasteiger partial charge in [0, 0.05) is 12.8 Å². The van der Waals surface area contributed by atoms with Gasteiger partial charge in [-0.2, -0.15) is 8.42 Å². The molecule has 0 aromatic rings. The van der Waals surface area contributed by atoms with Gasteiger partial charge >= 0.3 is 11.9 Å². The van der Waals surface area contributed by atoms with Crippen LogP contribution in [-0.2, 0) is 38.7 Å². The van der Waals surface area contributed by atoms with Crippen molar-refractivity contribution in [3.05, 3.63) is 60.8 Å². The highest BCUT2D eigenvalue weighted by atomic mass is 32.2. The maximum absolute atomic E-state index is 12.8. The second-order valence-electron chi connectivity index (χ2n) is 15.1. The summed E-state index contributed by atoms with van der Waals surface area (Å²) >= 11 is 0. The number of rotatable bonds is 35. The van der Waals surface area contributed by atoms with Crippen molar-refractivity contribution >= 4 is 22.1 Å². The van der Waals surface area contributed by atoms with E-state index in [9.17, 15) is 37.9 Å². The molecule has 0 aliphatic carbocycles. The van der Waals surface area contributed by atoms with E-state index in [1.807, 2.05) is 36.5 Å². The van der Waals surface area contributed by atoms with E-state index in [-0.39, 0.29) is 19.4 Å². The van der Waals surface area contributed by atoms with Crippen LogP contribution in [0.3, 0.4) is 0 Å². The van der Waals surface area contributed by atoms with Gasteiger partial charge in [0.1, 0.15) is 36.8 Å². The lowest BCUT2D eigenvalue weighted by Gasteiger charge is -2.40. The third kappa shape index (κ3) is 29.5. The zero-order chi connectivity index (χ0) is 42.7. The van der Waals surface area contributed by atoms with Gasteiger partial charge in [0.25, 0.3) is 10.1 Å². The Morgan fingerprint density at radius 3 is 1.69 bits per heavy atom. The summed E-state index contributed by atoms with van der Waals surface area (Å²) in [5.41, 5.74) is 0. The van der Waals surface area contributed by atoms with E-state index in [1.54, 1.807) is 0 Å². The Labute approximate surface area is 349 Å². The Morgan fingerprint density at radius 2 is 1.10 bits per heavy atom. The molecule has 0 aromatic heterocycles. The van der Waals surface area contributed by atoms with Crippen LogP contribution in [0.4, 0.5) is 0 Å². The minimum absolute atomic E-state index is 0.136. The number of aliphatic hydroxyl groups is 3. The highest BCUT2D eigenvalue weighted by Gasteiger charge is 2.46. The zero-order valence-corrected chi connectivity index (χ0v) is 36.2. The lowest BCUT2D eigenvalue weighted by Crippen LogP contribution is -2.60. The molecule has 1 aliphatic heterocycles. The number of aliphatic hydroxyl groups excluding tert-OH is 3. The summed E-state index contributed by atoms with van der Waals surface area (Å²) < 4.78 is 54.0. The first-order valence-corrected chi connectivity index (χ1v) is 23.5. The Hall–Kier alpha value is -2.65. The molecule has 12 nitrogen and oxygen atoms in total. The van der Waals surface area contributed by atoms with Gasteiger partial charge in [-0.25, -0.2) is 0 Å². The van der Waals surface area contributed by atoms with Gasteiger partial charge in [-0.3, -0.25) is 14.1 Å². The molecule has 1 heterocycles. The first-order chi connectivity index (χ1) is 28.0. The lowest BCUT2D eigenvalue weighted by atomic mass is 10.00. The van der Waals surface area contributed by atoms with E-state index in [0.717, 1.165) is 64.2 Å². The highest BCUT2D eigenvalue weighted by Crippen LogP contribution is 2.24. The van der Waals surface area contributed by atoms with Crippen molar-refractivity contribution in [1.82, 2.24) is 0 Å². The number of hydrogen-bond acceptors (Lipinski definition) is 11. The largest absolute Gasteiger partial charge is 0.462 e. The molecule has 13 heteroatoms. The highest BCUT2D eigenvalue weighted by molar-refractivity contribution is 7.85. The van der Waals surface area contributed by atoms with E-state index in [4.69, 9.17) is 18.9 Å². The lowest BCUT2D eigenvalue weighted by molar-refractivity contribution is -0.297. The van der Waals surface area contributed by atoms with Gasteiger partial charge in [-0.1, -0.05) is 145 Å². The average molecular weight is 841 g/mol. The van der Waals surface area contributed by atoms with Crippen LogP contribution in [0.1, 0.15) is 155 Å². The number of esters is 2. The van der Waals surface area contributed by atoms with Crippen LogP contribution in [0.2, 0.25) is 0 Å². The molecular weight excluding hydrogens is 765 g/mol. The molecule has 6 atom stereocenters. The Bertz CT molecular complexity index is 1310. The first kappa shape index (κ1) is 53.4. The maximum atomic E-state index is 12.8. The van der Waals surface area contributed by atoms with Crippen LogP contribution >= 0.6 is 0 Å². The molecule has 2 unspecified atom stereocenters. The summed E-state index contributed by atoms with van der Waals surface area (Å²) in [5.74, 6) is -2.04. The molecule has 1 fully saturated rings. The predicted molar refractivity (Wildman–Crippen MR) is 229 cm³/mol. The molecule has 58 heavy (non-hydrogen) atoms. The van der Waals surface area contributed by atoms with Crippen LogP contribution in [0.15, 0.2) is 60.8 Å². The molecule has 1 aliphatic rings. The molecule has 0 spiro atoms. The van der Waals surface area contributed by atoms with Crippen LogP contribution < -0.4 is 0 Å². The van der Waals surface area contributed by atoms with Crippen molar-refractivity contribution in [3.8, 4) is 0 Å². The summed E-state index contributed by atoms with van der Waals surface area (Å²) in [6.07, 6.45) is 32.7. The standard InChI is InChI=1S/C45H76O12S/c1-3-5-7-9-11-13-15-17-19-21-23-25-27-29-31-33-40(46)54-35-38(36-55-45-44(50)43(49)42(48)39(57-45)37-58(51,52)53)56-41(47)34-32-30-28-26-24-22-20-18-16-14-12-10-8-6-4-2/h5,7,9,11,13,15,17,19,22,24,38-39,42-45,48-50H,3-4,6,8,10,12,14,16,18,20-21,23,25-37H2,1-2H3,(H,51,52,53)/b7-5+,11-9+,15-13+,19-17+,24-22+/t38-,39-,42-,43?,44?,45+/m1/s1. The quantitative estimate of drug-likeness (QED) is 0.0157. The summed E-state index contributed by atoms with van der Waals surface area (Å²) in [6, 6.07) is 0. The zero-order valence-electron chi connectivity index (χ0n) is 35.4. The number of allylic oxidation sites excluding steroid dienone is 10. The monoisotopic (exact) mass is 841 g/mol. The Kier molecular flexibility index (Phi) is 32.3. The van der Waals surface area contributed by atoms with Gasteiger partial charge in [0.15, 0.2) is 12.4 Å². The SMILES string of the molecule is CC/C=C/C=C/C=C/C=C/CCCCCCCC(=O)OC[C@H](CO[C@H]1O[C@H](CS(=O)(=O)O)[C@@H](O)C(O)C1O)OC(=O)CCCCC/C=C/CCCCCCCCCC. The van der Waals surface area contributed by atoms with Crippen molar-refractivity contribution in [2.45, 2.75) is 192 Å². The smallest absolute Gasteiger partial charge is 0.306 e. The van der Waals surface area contributed by atoms with Crippen LogP contribution in [0, 0.1) is 0 Å². The van der Waals surface area contributed by atoms with E-state index >= 15 is 0 Å². The van der Waals surface area contributed by atoms with Crippen molar-refractivity contribution in [2.24, 2.45) is 0 Å². The second kappa shape index (κ2) is 35.1. The van der Waals surface area contributed by atoms with Gasteiger partial charge in [-0.05, 0) is 57.8 Å². The number of unbranched alkanes of at least 4 members (excludes halogenated alkanes) is 16. The fraction of sp³-hybridized carbons (Fsp3) is 0.733. The molecular formula is C45H76O12S. The van der Waals surface area contributed by atoms with Crippen LogP contribution in [0.5, 0.6) is 0 Å². The van der Waals surface area contributed by atoms with Crippen molar-refractivity contribution in [1.29, 1.82) is 0 Å². The number of hydrogen-bond donors (Lipinski definition) is 4. The number of carbonyl (C=O) groups is 2. The summed E-state index contributed by atoms with van der Waals surface area (Å²) in [6.45, 7) is 3.57. The van der Waals surface area contributed by atoms with Gasteiger partial charge in [0.05, 0.1) is 6.61 Å². The van der Waals surface area contributed by atoms with E-state index < -0.39 is 71.2 Å². The van der Waals surface area contributed by atoms with Gasteiger partial charge < -0.3 is 34.3 Å². The molecule has 4 N–H and O–H groups in total. The second-order valence-corrected chi connectivity index (χ2v) is 16.6. The Morgan fingerprint density at radius 1 is 0.603 bits per heavy atom. The van der Waals surface area contributed by atoms with Crippen molar-refractivity contribution in [2.75, 3.05) is 19.0 Å². The predicted octanol–water partition coefficient (Wildman–Crippen LogP) is 8.56. The molecule has 0 saturated carbocycles. The summed E-state index contributed by atoms with van der Waals surface area (Å²) in [5, 5.41) is 30.8. The van der Waals surface area contributed by atoms with Gasteiger partial charge in [0.2, 0.25) is 0 Å². The minimum Gasteiger partial charge on any atom is -0.462 e. The van der Waals surface area contributed by atoms with Crippen molar-refractivity contribution < 1.29 is 56.8 Å². The fourth-order valence-electron chi connectivity index (χ4n) is 6.27. The molecule has 334 valence electrons. The van der Waals surface area contributed by atoms with Gasteiger partial charge in [-0.15, -0.1) is 0 Å². The molecule has 0 amide bonds. The molecule has 0 bridgehead atoms. The normalized spacial score (nSPS) is 21.0. The molecule has 0 aromatic carbocycles. The summed E-state index contributed by atoms with van der Waals surface area (Å²) in [4.78, 5) is 25.4. The van der Waals surface area contributed by atoms with Crippen molar-refractivity contribution in [3.63, 3.8) is 0 Å². The van der Waals surface area contributed by atoms with E-state index in [1.165, 1.54) is 51.4 Å². The van der Waals surface area contributed by atoms with E-state index in [0.29, 0.717) is 12.8 Å². The van der Waals surface area contributed by atoms with E-state index in [2.05, 4.69) is 38.2 Å². The Balaban J connectivity index is 2.50. The maximum Gasteiger partial charge on any atom is 0.306 e. The topological polar surface area (TPSA) is 186 Å². The number of ether oxygens (including phenoxy) is 4. The average Bonchev–Trinajstić information content (AvgIpc) is 3.18. The third-order valence-electron chi connectivity index (χ3n) is 9.68.